The molecular weight excluding hydrogens is 172 g/mol. The van der Waals surface area contributed by atoms with E-state index in [4.69, 9.17) is 20.9 Å². The van der Waals surface area contributed by atoms with Crippen LogP contribution in [0.4, 0.5) is 0 Å². The molecule has 1 atom stereocenters. The first-order valence-electron chi connectivity index (χ1n) is 4.48. The SMILES string of the molecule is NC(=O)[C@H](N)CCCC1OCCO1. The number of carbonyl (C=O) groups excluding carboxylic acids is 1. The highest BCUT2D eigenvalue weighted by molar-refractivity contribution is 5.79. The molecule has 76 valence electrons. The first kappa shape index (κ1) is 10.4. The van der Waals surface area contributed by atoms with E-state index in [9.17, 15) is 4.79 Å². The highest BCUT2D eigenvalue weighted by Gasteiger charge is 2.16. The minimum absolute atomic E-state index is 0.111. The second kappa shape index (κ2) is 5.16. The molecule has 1 amide bonds. The first-order chi connectivity index (χ1) is 6.20. The predicted octanol–water partition coefficient (Wildman–Crippen LogP) is -0.658. The van der Waals surface area contributed by atoms with Crippen molar-refractivity contribution >= 4 is 5.91 Å². The molecule has 0 aromatic carbocycles. The number of hydrogen-bond acceptors (Lipinski definition) is 4. The third-order valence-electron chi connectivity index (χ3n) is 2.01. The van der Waals surface area contributed by atoms with Gasteiger partial charge in [-0.15, -0.1) is 0 Å². The van der Waals surface area contributed by atoms with Crippen LogP contribution >= 0.6 is 0 Å². The maximum atomic E-state index is 10.6. The summed E-state index contributed by atoms with van der Waals surface area (Å²) in [4.78, 5) is 10.6. The Kier molecular flexibility index (Phi) is 4.14. The van der Waals surface area contributed by atoms with E-state index in [2.05, 4.69) is 0 Å². The van der Waals surface area contributed by atoms with Crippen LogP contribution in [-0.4, -0.2) is 31.5 Å². The Labute approximate surface area is 77.4 Å². The normalized spacial score (nSPS) is 20.4. The van der Waals surface area contributed by atoms with Gasteiger partial charge in [-0.25, -0.2) is 0 Å². The fraction of sp³-hybridized carbons (Fsp3) is 0.875. The molecule has 5 nitrogen and oxygen atoms in total. The second-order valence-corrected chi connectivity index (χ2v) is 3.11. The Morgan fingerprint density at radius 3 is 2.62 bits per heavy atom. The molecule has 1 heterocycles. The standard InChI is InChI=1S/C8H16N2O3/c9-6(8(10)11)2-1-3-7-12-4-5-13-7/h6-7H,1-5,9H2,(H2,10,11)/t6-/m1/s1. The van der Waals surface area contributed by atoms with Crippen LogP contribution in [0.25, 0.3) is 0 Å². The Morgan fingerprint density at radius 2 is 2.08 bits per heavy atom. The van der Waals surface area contributed by atoms with Crippen molar-refractivity contribution in [3.8, 4) is 0 Å². The number of amides is 1. The Hall–Kier alpha value is -0.650. The van der Waals surface area contributed by atoms with Crippen molar-refractivity contribution in [3.63, 3.8) is 0 Å². The highest BCUT2D eigenvalue weighted by atomic mass is 16.7. The average Bonchev–Trinajstić information content (AvgIpc) is 2.56. The van der Waals surface area contributed by atoms with Crippen LogP contribution in [0.15, 0.2) is 0 Å². The van der Waals surface area contributed by atoms with Crippen molar-refractivity contribution in [2.75, 3.05) is 13.2 Å². The molecule has 0 saturated carbocycles. The third-order valence-corrected chi connectivity index (χ3v) is 2.01. The zero-order chi connectivity index (χ0) is 9.68. The number of nitrogens with two attached hydrogens (primary N) is 2. The van der Waals surface area contributed by atoms with Gasteiger partial charge in [-0.3, -0.25) is 4.79 Å². The summed E-state index contributed by atoms with van der Waals surface area (Å²) in [7, 11) is 0. The molecule has 0 bridgehead atoms. The maximum Gasteiger partial charge on any atom is 0.234 e. The molecular formula is C8H16N2O3. The Bertz CT molecular complexity index is 169. The second-order valence-electron chi connectivity index (χ2n) is 3.11. The van der Waals surface area contributed by atoms with Gasteiger partial charge >= 0.3 is 0 Å². The molecule has 1 fully saturated rings. The fourth-order valence-electron chi connectivity index (χ4n) is 1.22. The summed E-state index contributed by atoms with van der Waals surface area (Å²) in [6.07, 6.45) is 2.06. The molecule has 1 aliphatic heterocycles. The summed E-state index contributed by atoms with van der Waals surface area (Å²) >= 11 is 0. The monoisotopic (exact) mass is 188 g/mol. The first-order valence-corrected chi connectivity index (χ1v) is 4.48. The summed E-state index contributed by atoms with van der Waals surface area (Å²) in [6, 6.07) is -0.540. The minimum atomic E-state index is -0.540. The summed E-state index contributed by atoms with van der Waals surface area (Å²) in [5, 5.41) is 0. The van der Waals surface area contributed by atoms with E-state index in [1.807, 2.05) is 0 Å². The number of primary amides is 1. The summed E-state index contributed by atoms with van der Waals surface area (Å²) < 4.78 is 10.4. The minimum Gasteiger partial charge on any atom is -0.368 e. The van der Waals surface area contributed by atoms with Crippen LogP contribution in [0.2, 0.25) is 0 Å². The smallest absolute Gasteiger partial charge is 0.234 e. The molecule has 0 radical (unpaired) electrons. The van der Waals surface area contributed by atoms with Crippen LogP contribution in [0.5, 0.6) is 0 Å². The molecule has 0 aliphatic carbocycles. The van der Waals surface area contributed by atoms with Crippen molar-refractivity contribution in [3.05, 3.63) is 0 Å². The molecule has 0 spiro atoms. The lowest BCUT2D eigenvalue weighted by Crippen LogP contribution is -2.36. The van der Waals surface area contributed by atoms with Crippen molar-refractivity contribution in [1.82, 2.24) is 0 Å². The molecule has 13 heavy (non-hydrogen) atoms. The van der Waals surface area contributed by atoms with E-state index in [1.54, 1.807) is 0 Å². The van der Waals surface area contributed by atoms with Gasteiger partial charge in [0.1, 0.15) is 0 Å². The van der Waals surface area contributed by atoms with Crippen molar-refractivity contribution in [2.24, 2.45) is 11.5 Å². The average molecular weight is 188 g/mol. The summed E-state index contributed by atoms with van der Waals surface area (Å²) in [6.45, 7) is 1.32. The zero-order valence-corrected chi connectivity index (χ0v) is 7.57. The topological polar surface area (TPSA) is 87.6 Å². The van der Waals surface area contributed by atoms with Crippen LogP contribution in [0.1, 0.15) is 19.3 Å². The van der Waals surface area contributed by atoms with Gasteiger partial charge in [-0.2, -0.15) is 0 Å². The molecule has 0 aromatic heterocycles. The molecule has 4 N–H and O–H groups in total. The van der Waals surface area contributed by atoms with E-state index in [-0.39, 0.29) is 6.29 Å². The van der Waals surface area contributed by atoms with Crippen molar-refractivity contribution in [2.45, 2.75) is 31.6 Å². The van der Waals surface area contributed by atoms with Gasteiger partial charge in [0, 0.05) is 0 Å². The van der Waals surface area contributed by atoms with E-state index in [0.29, 0.717) is 19.6 Å². The van der Waals surface area contributed by atoms with Crippen LogP contribution < -0.4 is 11.5 Å². The van der Waals surface area contributed by atoms with Crippen LogP contribution in [0, 0.1) is 0 Å². The van der Waals surface area contributed by atoms with Gasteiger partial charge in [0.15, 0.2) is 6.29 Å². The van der Waals surface area contributed by atoms with Crippen LogP contribution in [-0.2, 0) is 14.3 Å². The van der Waals surface area contributed by atoms with E-state index >= 15 is 0 Å². The fourth-order valence-corrected chi connectivity index (χ4v) is 1.22. The van der Waals surface area contributed by atoms with Crippen molar-refractivity contribution < 1.29 is 14.3 Å². The molecule has 1 rings (SSSR count). The van der Waals surface area contributed by atoms with Gasteiger partial charge < -0.3 is 20.9 Å². The number of carbonyl (C=O) groups is 1. The van der Waals surface area contributed by atoms with E-state index < -0.39 is 11.9 Å². The Morgan fingerprint density at radius 1 is 1.46 bits per heavy atom. The van der Waals surface area contributed by atoms with Gasteiger partial charge in [-0.05, 0) is 19.3 Å². The molecule has 1 aliphatic rings. The predicted molar refractivity (Wildman–Crippen MR) is 46.7 cm³/mol. The number of ether oxygens (including phenoxy) is 2. The lowest BCUT2D eigenvalue weighted by Gasteiger charge is -2.10. The van der Waals surface area contributed by atoms with Gasteiger partial charge in [0.05, 0.1) is 19.3 Å². The quantitative estimate of drug-likeness (QED) is 0.599. The molecule has 0 aromatic rings. The lowest BCUT2D eigenvalue weighted by molar-refractivity contribution is -0.119. The Balaban J connectivity index is 2.02. The molecule has 1 saturated heterocycles. The van der Waals surface area contributed by atoms with Gasteiger partial charge in [0.2, 0.25) is 5.91 Å². The molecule has 0 unspecified atom stereocenters. The number of hydrogen-bond donors (Lipinski definition) is 2. The molecule has 5 heteroatoms. The van der Waals surface area contributed by atoms with Crippen molar-refractivity contribution in [1.29, 1.82) is 0 Å². The third kappa shape index (κ3) is 3.71. The van der Waals surface area contributed by atoms with Gasteiger partial charge in [0.25, 0.3) is 0 Å². The summed E-state index contributed by atoms with van der Waals surface area (Å²) in [5.74, 6) is -0.451. The van der Waals surface area contributed by atoms with Crippen LogP contribution in [0.3, 0.4) is 0 Å². The highest BCUT2D eigenvalue weighted by Crippen LogP contribution is 2.11. The maximum absolute atomic E-state index is 10.6. The largest absolute Gasteiger partial charge is 0.368 e. The number of rotatable bonds is 5. The van der Waals surface area contributed by atoms with Gasteiger partial charge in [-0.1, -0.05) is 0 Å². The zero-order valence-electron chi connectivity index (χ0n) is 7.57. The lowest BCUT2D eigenvalue weighted by atomic mass is 10.1. The van der Waals surface area contributed by atoms with E-state index in [1.165, 1.54) is 0 Å². The van der Waals surface area contributed by atoms with E-state index in [0.717, 1.165) is 12.8 Å². The summed E-state index contributed by atoms with van der Waals surface area (Å²) in [5.41, 5.74) is 10.4.